The van der Waals surface area contributed by atoms with Crippen LogP contribution < -0.4 is 5.32 Å². The fraction of sp³-hybridized carbons (Fsp3) is 0.263. The van der Waals surface area contributed by atoms with E-state index in [1.807, 2.05) is 6.92 Å². The van der Waals surface area contributed by atoms with Gasteiger partial charge >= 0.3 is 5.97 Å². The van der Waals surface area contributed by atoms with Gasteiger partial charge in [0, 0.05) is 0 Å². The second-order valence-electron chi connectivity index (χ2n) is 5.98. The zero-order valence-corrected chi connectivity index (χ0v) is 15.8. The van der Waals surface area contributed by atoms with Crippen LogP contribution in [0.25, 0.3) is 0 Å². The zero-order valence-electron chi connectivity index (χ0n) is 14.9. The fourth-order valence-electron chi connectivity index (χ4n) is 2.19. The quantitative estimate of drug-likeness (QED) is 0.731. The number of nitrogens with one attached hydrogen (secondary N) is 1. The number of benzene rings is 2. The summed E-state index contributed by atoms with van der Waals surface area (Å²) in [5.74, 6) is -2.60. The highest BCUT2D eigenvalue weighted by molar-refractivity contribution is 7.91. The Hall–Kier alpha value is -2.74. The third-order valence-electron chi connectivity index (χ3n) is 3.76. The number of rotatable bonds is 7. The van der Waals surface area contributed by atoms with Gasteiger partial charge in [-0.25, -0.2) is 12.8 Å². The van der Waals surface area contributed by atoms with Gasteiger partial charge in [0.15, 0.2) is 15.9 Å². The molecule has 2 aromatic carbocycles. The molecule has 0 saturated heterocycles. The lowest BCUT2D eigenvalue weighted by Gasteiger charge is -2.14. The average molecular weight is 393 g/mol. The van der Waals surface area contributed by atoms with E-state index in [1.54, 1.807) is 18.2 Å². The number of carbonyl (C=O) groups excluding carboxylic acids is 2. The second-order valence-corrected chi connectivity index (χ2v) is 8.09. The molecule has 0 unspecified atom stereocenters. The molecule has 0 radical (unpaired) electrons. The summed E-state index contributed by atoms with van der Waals surface area (Å²) in [6, 6.07) is 11.9. The molecule has 1 amide bonds. The minimum absolute atomic E-state index is 0.0349. The van der Waals surface area contributed by atoms with Crippen LogP contribution in [0.3, 0.4) is 0 Å². The Bertz CT molecular complexity index is 925. The summed E-state index contributed by atoms with van der Waals surface area (Å²) < 4.78 is 42.9. The highest BCUT2D eigenvalue weighted by Crippen LogP contribution is 2.15. The topological polar surface area (TPSA) is 89.5 Å². The number of esters is 1. The van der Waals surface area contributed by atoms with Crippen LogP contribution in [0.15, 0.2) is 53.4 Å². The van der Waals surface area contributed by atoms with Crippen molar-refractivity contribution in [3.8, 4) is 0 Å². The molecule has 0 fully saturated rings. The number of hydrogen-bond donors (Lipinski definition) is 1. The van der Waals surface area contributed by atoms with Crippen molar-refractivity contribution >= 4 is 27.4 Å². The van der Waals surface area contributed by atoms with Crippen LogP contribution in [0.1, 0.15) is 18.9 Å². The van der Waals surface area contributed by atoms with E-state index in [-0.39, 0.29) is 10.6 Å². The number of sulfone groups is 1. The second kappa shape index (κ2) is 8.77. The Labute approximate surface area is 157 Å². The Morgan fingerprint density at radius 3 is 2.37 bits per heavy atom. The number of hydrogen-bond acceptors (Lipinski definition) is 5. The molecule has 0 aliphatic heterocycles. The highest BCUT2D eigenvalue weighted by atomic mass is 32.2. The first kappa shape index (κ1) is 20.6. The number of para-hydroxylation sites is 1. The van der Waals surface area contributed by atoms with E-state index in [2.05, 4.69) is 5.32 Å². The van der Waals surface area contributed by atoms with Gasteiger partial charge in [-0.1, -0.05) is 29.8 Å². The lowest BCUT2D eigenvalue weighted by molar-refractivity contribution is -0.152. The van der Waals surface area contributed by atoms with Crippen molar-refractivity contribution in [2.75, 3.05) is 11.1 Å². The van der Waals surface area contributed by atoms with Gasteiger partial charge in [0.2, 0.25) is 0 Å². The van der Waals surface area contributed by atoms with E-state index in [1.165, 1.54) is 37.3 Å². The molecule has 0 heterocycles. The summed E-state index contributed by atoms with van der Waals surface area (Å²) in [6.45, 7) is 3.16. The molecule has 6 nitrogen and oxygen atoms in total. The van der Waals surface area contributed by atoms with Gasteiger partial charge in [0.05, 0.1) is 22.8 Å². The van der Waals surface area contributed by atoms with Crippen molar-refractivity contribution in [1.82, 2.24) is 0 Å². The lowest BCUT2D eigenvalue weighted by atomic mass is 10.2. The first-order valence-corrected chi connectivity index (χ1v) is 9.88. The van der Waals surface area contributed by atoms with Crippen LogP contribution in [0, 0.1) is 12.7 Å². The summed E-state index contributed by atoms with van der Waals surface area (Å²) in [5.41, 5.74) is 0.885. The van der Waals surface area contributed by atoms with Gasteiger partial charge < -0.3 is 10.1 Å². The smallest absolute Gasteiger partial charge is 0.307 e. The number of anilines is 1. The van der Waals surface area contributed by atoms with Crippen LogP contribution in [0.4, 0.5) is 10.1 Å². The monoisotopic (exact) mass is 393 g/mol. The molecule has 0 aromatic heterocycles. The lowest BCUT2D eigenvalue weighted by Crippen LogP contribution is -2.30. The van der Waals surface area contributed by atoms with Crippen molar-refractivity contribution in [3.05, 3.63) is 59.9 Å². The largest absolute Gasteiger partial charge is 0.453 e. The van der Waals surface area contributed by atoms with Crippen molar-refractivity contribution in [2.24, 2.45) is 0 Å². The highest BCUT2D eigenvalue weighted by Gasteiger charge is 2.21. The molecule has 144 valence electrons. The number of ether oxygens (including phenoxy) is 1. The van der Waals surface area contributed by atoms with Gasteiger partial charge in [-0.15, -0.1) is 0 Å². The molecule has 0 spiro atoms. The molecule has 8 heteroatoms. The minimum Gasteiger partial charge on any atom is -0.453 e. The van der Waals surface area contributed by atoms with E-state index in [4.69, 9.17) is 4.74 Å². The first-order chi connectivity index (χ1) is 12.7. The van der Waals surface area contributed by atoms with Gasteiger partial charge in [-0.05, 0) is 38.1 Å². The van der Waals surface area contributed by atoms with E-state index in [0.29, 0.717) is 0 Å². The standard InChI is InChI=1S/C19H20FNO5S/c1-13-7-9-15(10-8-13)27(24,25)12-11-18(22)26-14(2)19(23)21-17-6-4-3-5-16(17)20/h3-10,14H,11-12H2,1-2H3,(H,21,23)/t14-/m1/s1. The van der Waals surface area contributed by atoms with E-state index < -0.39 is 45.8 Å². The van der Waals surface area contributed by atoms with E-state index in [9.17, 15) is 22.4 Å². The third-order valence-corrected chi connectivity index (χ3v) is 5.50. The van der Waals surface area contributed by atoms with Crippen LogP contribution in [0.2, 0.25) is 0 Å². The maximum absolute atomic E-state index is 13.5. The van der Waals surface area contributed by atoms with Crippen molar-refractivity contribution in [1.29, 1.82) is 0 Å². The molecule has 2 aromatic rings. The molecule has 0 aliphatic carbocycles. The average Bonchev–Trinajstić information content (AvgIpc) is 2.62. The molecule has 1 atom stereocenters. The van der Waals surface area contributed by atoms with Gasteiger partial charge in [-0.3, -0.25) is 9.59 Å². The molecular weight excluding hydrogens is 373 g/mol. The number of amides is 1. The van der Waals surface area contributed by atoms with E-state index >= 15 is 0 Å². The Kier molecular flexibility index (Phi) is 6.68. The Morgan fingerprint density at radius 2 is 1.74 bits per heavy atom. The van der Waals surface area contributed by atoms with Gasteiger partial charge in [0.1, 0.15) is 5.82 Å². The van der Waals surface area contributed by atoms with Crippen LogP contribution in [-0.2, 0) is 24.2 Å². The van der Waals surface area contributed by atoms with Crippen molar-refractivity contribution < 1.29 is 27.1 Å². The van der Waals surface area contributed by atoms with E-state index in [0.717, 1.165) is 5.56 Å². The minimum atomic E-state index is -3.63. The molecule has 0 aliphatic rings. The summed E-state index contributed by atoms with van der Waals surface area (Å²) in [5, 5.41) is 2.31. The molecule has 27 heavy (non-hydrogen) atoms. The predicted octanol–water partition coefficient (Wildman–Crippen LogP) is 2.87. The first-order valence-electron chi connectivity index (χ1n) is 8.23. The third kappa shape index (κ3) is 5.89. The van der Waals surface area contributed by atoms with Crippen molar-refractivity contribution in [2.45, 2.75) is 31.3 Å². The normalized spacial score (nSPS) is 12.3. The van der Waals surface area contributed by atoms with Crippen molar-refractivity contribution in [3.63, 3.8) is 0 Å². The zero-order chi connectivity index (χ0) is 20.0. The number of aryl methyl sites for hydroxylation is 1. The maximum atomic E-state index is 13.5. The molecule has 0 bridgehead atoms. The summed E-state index contributed by atoms with van der Waals surface area (Å²) >= 11 is 0. The molecule has 0 saturated carbocycles. The Morgan fingerprint density at radius 1 is 1.11 bits per heavy atom. The van der Waals surface area contributed by atoms with Crippen LogP contribution in [-0.4, -0.2) is 32.2 Å². The summed E-state index contributed by atoms with van der Waals surface area (Å²) in [4.78, 5) is 24.0. The number of carbonyl (C=O) groups is 2. The predicted molar refractivity (Wildman–Crippen MR) is 98.4 cm³/mol. The molecular formula is C19H20FNO5S. The molecule has 2 rings (SSSR count). The fourth-order valence-corrected chi connectivity index (χ4v) is 3.41. The Balaban J connectivity index is 1.88. The SMILES string of the molecule is Cc1ccc(S(=O)(=O)CCC(=O)O[C@H](C)C(=O)Nc2ccccc2F)cc1. The van der Waals surface area contributed by atoms with Gasteiger partial charge in [0.25, 0.3) is 5.91 Å². The molecule has 1 N–H and O–H groups in total. The summed E-state index contributed by atoms with van der Waals surface area (Å²) in [7, 11) is -3.63. The van der Waals surface area contributed by atoms with Gasteiger partial charge in [-0.2, -0.15) is 0 Å². The summed E-state index contributed by atoms with van der Waals surface area (Å²) in [6.07, 6.45) is -1.59. The van der Waals surface area contributed by atoms with Crippen LogP contribution >= 0.6 is 0 Å². The maximum Gasteiger partial charge on any atom is 0.307 e. The number of halogens is 1. The van der Waals surface area contributed by atoms with Crippen LogP contribution in [0.5, 0.6) is 0 Å².